The van der Waals surface area contributed by atoms with E-state index in [0.29, 0.717) is 32.7 Å². The van der Waals surface area contributed by atoms with E-state index in [-0.39, 0.29) is 5.91 Å². The molecule has 0 aliphatic carbocycles. The number of amides is 1. The zero-order valence-corrected chi connectivity index (χ0v) is 16.6. The third kappa shape index (κ3) is 4.43. The minimum Gasteiger partial charge on any atom is -0.486 e. The lowest BCUT2D eigenvalue weighted by Gasteiger charge is -2.25. The molecule has 0 unspecified atom stereocenters. The summed E-state index contributed by atoms with van der Waals surface area (Å²) in [6, 6.07) is 24.3. The molecule has 1 aliphatic heterocycles. The van der Waals surface area contributed by atoms with Gasteiger partial charge in [-0.25, -0.2) is 0 Å². The minimum atomic E-state index is 0.106. The van der Waals surface area contributed by atoms with Gasteiger partial charge in [0.25, 0.3) is 0 Å². The number of carbonyl (C=O) groups is 1. The van der Waals surface area contributed by atoms with Gasteiger partial charge in [-0.15, -0.1) is 0 Å². The largest absolute Gasteiger partial charge is 0.486 e. The maximum Gasteiger partial charge on any atom is 0.227 e. The first-order chi connectivity index (χ1) is 14.2. The van der Waals surface area contributed by atoms with Gasteiger partial charge in [0.1, 0.15) is 13.2 Å². The number of benzene rings is 3. The fourth-order valence-electron chi connectivity index (χ4n) is 3.57. The van der Waals surface area contributed by atoms with Crippen LogP contribution in [0, 0.1) is 0 Å². The molecule has 29 heavy (non-hydrogen) atoms. The zero-order chi connectivity index (χ0) is 20.1. The van der Waals surface area contributed by atoms with Gasteiger partial charge in [-0.3, -0.25) is 4.79 Å². The summed E-state index contributed by atoms with van der Waals surface area (Å²) in [7, 11) is 0. The Bertz CT molecular complexity index is 967. The monoisotopic (exact) mass is 387 g/mol. The van der Waals surface area contributed by atoms with Gasteiger partial charge in [-0.1, -0.05) is 66.7 Å². The average molecular weight is 387 g/mol. The summed E-state index contributed by atoms with van der Waals surface area (Å²) >= 11 is 0. The predicted octanol–water partition coefficient (Wildman–Crippen LogP) is 4.72. The smallest absolute Gasteiger partial charge is 0.227 e. The van der Waals surface area contributed by atoms with Crippen molar-refractivity contribution in [3.05, 3.63) is 83.9 Å². The molecule has 4 heteroatoms. The molecule has 0 saturated heterocycles. The Morgan fingerprint density at radius 1 is 0.862 bits per heavy atom. The first-order valence-corrected chi connectivity index (χ1v) is 10.0. The highest BCUT2D eigenvalue weighted by Gasteiger charge is 2.19. The molecule has 0 fully saturated rings. The number of hydrogen-bond acceptors (Lipinski definition) is 3. The topological polar surface area (TPSA) is 38.8 Å². The van der Waals surface area contributed by atoms with Crippen molar-refractivity contribution in [1.82, 2.24) is 4.90 Å². The van der Waals surface area contributed by atoms with Crippen molar-refractivity contribution in [2.75, 3.05) is 19.8 Å². The number of hydrogen-bond donors (Lipinski definition) is 0. The Balaban J connectivity index is 1.44. The van der Waals surface area contributed by atoms with E-state index in [1.165, 1.54) is 5.56 Å². The van der Waals surface area contributed by atoms with E-state index in [1.807, 2.05) is 60.4 Å². The number of nitrogens with zero attached hydrogens (tertiary/aromatic N) is 1. The molecule has 0 saturated carbocycles. The minimum absolute atomic E-state index is 0.106. The molecule has 4 rings (SSSR count). The summed E-state index contributed by atoms with van der Waals surface area (Å²) in [5.74, 6) is 1.63. The van der Waals surface area contributed by atoms with E-state index in [9.17, 15) is 4.79 Å². The van der Waals surface area contributed by atoms with Crippen LogP contribution in [-0.2, 0) is 17.8 Å². The number of rotatable bonds is 6. The van der Waals surface area contributed by atoms with Gasteiger partial charge in [0.15, 0.2) is 11.5 Å². The highest BCUT2D eigenvalue weighted by atomic mass is 16.6. The molecular formula is C25H25NO3. The SMILES string of the molecule is CCN(Cc1cccc2c1OCCO2)C(=O)Cc1ccc(-c2ccccc2)cc1. The summed E-state index contributed by atoms with van der Waals surface area (Å²) in [6.07, 6.45) is 0.384. The highest BCUT2D eigenvalue weighted by molar-refractivity contribution is 5.79. The lowest BCUT2D eigenvalue weighted by Crippen LogP contribution is -2.32. The second kappa shape index (κ2) is 8.82. The molecule has 0 radical (unpaired) electrons. The van der Waals surface area contributed by atoms with Gasteiger partial charge in [0, 0.05) is 18.7 Å². The fraction of sp³-hybridized carbons (Fsp3) is 0.240. The molecule has 0 atom stereocenters. The van der Waals surface area contributed by atoms with Crippen LogP contribution in [0.4, 0.5) is 0 Å². The van der Waals surface area contributed by atoms with Crippen molar-refractivity contribution in [3.8, 4) is 22.6 Å². The Morgan fingerprint density at radius 3 is 2.34 bits per heavy atom. The van der Waals surface area contributed by atoms with Gasteiger partial charge in [-0.2, -0.15) is 0 Å². The first-order valence-electron chi connectivity index (χ1n) is 10.0. The summed E-state index contributed by atoms with van der Waals surface area (Å²) in [4.78, 5) is 14.8. The van der Waals surface area contributed by atoms with Crippen LogP contribution >= 0.6 is 0 Å². The standard InChI is InChI=1S/C25H25NO3/c1-2-26(18-22-9-6-10-23-25(22)29-16-15-28-23)24(27)17-19-11-13-21(14-12-19)20-7-4-3-5-8-20/h3-14H,2,15-18H2,1H3. The maximum absolute atomic E-state index is 12.9. The van der Waals surface area contributed by atoms with Crippen LogP contribution in [0.1, 0.15) is 18.1 Å². The maximum atomic E-state index is 12.9. The van der Waals surface area contributed by atoms with Gasteiger partial charge in [0.2, 0.25) is 5.91 Å². The van der Waals surface area contributed by atoms with Crippen LogP contribution in [0.15, 0.2) is 72.8 Å². The summed E-state index contributed by atoms with van der Waals surface area (Å²) in [5.41, 5.74) is 4.33. The van der Waals surface area contributed by atoms with E-state index in [2.05, 4.69) is 24.3 Å². The van der Waals surface area contributed by atoms with Crippen LogP contribution in [-0.4, -0.2) is 30.6 Å². The molecule has 0 aromatic heterocycles. The number of likely N-dealkylation sites (N-methyl/N-ethyl adjacent to an activating group) is 1. The van der Waals surface area contributed by atoms with Crippen molar-refractivity contribution in [3.63, 3.8) is 0 Å². The number of ether oxygens (including phenoxy) is 2. The molecule has 0 spiro atoms. The summed E-state index contributed by atoms with van der Waals surface area (Å²) in [6.45, 7) is 4.27. The molecule has 0 bridgehead atoms. The van der Waals surface area contributed by atoms with E-state index < -0.39 is 0 Å². The Labute approximate surface area is 171 Å². The normalized spacial score (nSPS) is 12.4. The van der Waals surface area contributed by atoms with Gasteiger partial charge in [-0.05, 0) is 29.7 Å². The van der Waals surface area contributed by atoms with E-state index in [0.717, 1.165) is 28.2 Å². The van der Waals surface area contributed by atoms with Crippen LogP contribution in [0.2, 0.25) is 0 Å². The molecule has 148 valence electrons. The van der Waals surface area contributed by atoms with Crippen molar-refractivity contribution in [1.29, 1.82) is 0 Å². The average Bonchev–Trinajstić information content (AvgIpc) is 2.78. The van der Waals surface area contributed by atoms with Crippen LogP contribution < -0.4 is 9.47 Å². The lowest BCUT2D eigenvalue weighted by molar-refractivity contribution is -0.130. The van der Waals surface area contributed by atoms with Crippen LogP contribution in [0.25, 0.3) is 11.1 Å². The molecule has 3 aromatic carbocycles. The number of fused-ring (bicyclic) bond motifs is 1. The van der Waals surface area contributed by atoms with Crippen molar-refractivity contribution >= 4 is 5.91 Å². The van der Waals surface area contributed by atoms with E-state index in [1.54, 1.807) is 0 Å². The van der Waals surface area contributed by atoms with Crippen LogP contribution in [0.5, 0.6) is 11.5 Å². The zero-order valence-electron chi connectivity index (χ0n) is 16.6. The quantitative estimate of drug-likeness (QED) is 0.615. The molecular weight excluding hydrogens is 362 g/mol. The van der Waals surface area contributed by atoms with Gasteiger partial charge in [0.05, 0.1) is 6.42 Å². The number of carbonyl (C=O) groups excluding carboxylic acids is 1. The third-order valence-corrected chi connectivity index (χ3v) is 5.16. The first kappa shape index (κ1) is 19.1. The fourth-order valence-corrected chi connectivity index (χ4v) is 3.57. The van der Waals surface area contributed by atoms with Crippen LogP contribution in [0.3, 0.4) is 0 Å². The summed E-state index contributed by atoms with van der Waals surface area (Å²) < 4.78 is 11.4. The van der Waals surface area contributed by atoms with E-state index in [4.69, 9.17) is 9.47 Å². The Morgan fingerprint density at radius 2 is 1.59 bits per heavy atom. The second-order valence-corrected chi connectivity index (χ2v) is 7.09. The number of para-hydroxylation sites is 1. The van der Waals surface area contributed by atoms with Gasteiger partial charge < -0.3 is 14.4 Å². The highest BCUT2D eigenvalue weighted by Crippen LogP contribution is 2.34. The second-order valence-electron chi connectivity index (χ2n) is 7.09. The lowest BCUT2D eigenvalue weighted by atomic mass is 10.0. The summed E-state index contributed by atoms with van der Waals surface area (Å²) in [5, 5.41) is 0. The van der Waals surface area contributed by atoms with Gasteiger partial charge >= 0.3 is 0 Å². The van der Waals surface area contributed by atoms with Crippen molar-refractivity contribution < 1.29 is 14.3 Å². The molecule has 0 N–H and O–H groups in total. The Hall–Kier alpha value is -3.27. The molecule has 1 amide bonds. The molecule has 1 heterocycles. The van der Waals surface area contributed by atoms with Crippen molar-refractivity contribution in [2.45, 2.75) is 19.9 Å². The predicted molar refractivity (Wildman–Crippen MR) is 114 cm³/mol. The molecule has 4 nitrogen and oxygen atoms in total. The van der Waals surface area contributed by atoms with E-state index >= 15 is 0 Å². The van der Waals surface area contributed by atoms with Crippen molar-refractivity contribution in [2.24, 2.45) is 0 Å². The Kier molecular flexibility index (Phi) is 5.80. The third-order valence-electron chi connectivity index (χ3n) is 5.16. The molecule has 3 aromatic rings. The molecule has 1 aliphatic rings.